The second-order valence-corrected chi connectivity index (χ2v) is 8.62. The van der Waals surface area contributed by atoms with Gasteiger partial charge in [0.1, 0.15) is 17.9 Å². The van der Waals surface area contributed by atoms with E-state index >= 15 is 0 Å². The number of hydrogen-bond donors (Lipinski definition) is 0. The number of aromatic nitrogens is 3. The lowest BCUT2D eigenvalue weighted by Gasteiger charge is -2.32. The molecule has 0 radical (unpaired) electrons. The number of methoxy groups -OCH3 is 1. The highest BCUT2D eigenvalue weighted by Gasteiger charge is 2.34. The van der Waals surface area contributed by atoms with Gasteiger partial charge < -0.3 is 9.30 Å². The van der Waals surface area contributed by atoms with Crippen LogP contribution in [0.1, 0.15) is 43.5 Å². The van der Waals surface area contributed by atoms with Crippen molar-refractivity contribution >= 4 is 10.0 Å². The zero-order valence-electron chi connectivity index (χ0n) is 14.2. The molecule has 1 aromatic carbocycles. The van der Waals surface area contributed by atoms with Crippen molar-refractivity contribution in [3.05, 3.63) is 36.4 Å². The molecular weight excluding hydrogens is 340 g/mol. The Labute approximate surface area is 147 Å². The van der Waals surface area contributed by atoms with E-state index in [-0.39, 0.29) is 10.9 Å². The Morgan fingerprint density at radius 2 is 1.92 bits per heavy atom. The standard InChI is InChI=1S/C17H22N4O3S/c1-24-15-3-2-4-16(11-15)25(22,23)20-9-7-14(8-10-20)21-12-18-19-17(21)13-5-6-13/h2-4,11-14H,5-10H2,1H3. The Hall–Kier alpha value is -1.93. The molecular formula is C17H22N4O3S. The van der Waals surface area contributed by atoms with Crippen molar-refractivity contribution in [3.63, 3.8) is 0 Å². The van der Waals surface area contributed by atoms with Crippen LogP contribution in [-0.2, 0) is 10.0 Å². The van der Waals surface area contributed by atoms with Crippen LogP contribution in [0.2, 0.25) is 0 Å². The van der Waals surface area contributed by atoms with E-state index in [1.807, 2.05) is 0 Å². The molecule has 1 saturated heterocycles. The van der Waals surface area contributed by atoms with E-state index in [9.17, 15) is 8.42 Å². The molecule has 8 heteroatoms. The summed E-state index contributed by atoms with van der Waals surface area (Å²) in [6, 6.07) is 6.93. The van der Waals surface area contributed by atoms with Crippen LogP contribution in [-0.4, -0.2) is 47.7 Å². The van der Waals surface area contributed by atoms with Crippen molar-refractivity contribution in [2.24, 2.45) is 0 Å². The summed E-state index contributed by atoms with van der Waals surface area (Å²) in [5.74, 6) is 2.16. The van der Waals surface area contributed by atoms with E-state index in [4.69, 9.17) is 4.74 Å². The first-order chi connectivity index (χ1) is 12.1. The smallest absolute Gasteiger partial charge is 0.243 e. The topological polar surface area (TPSA) is 77.3 Å². The molecule has 0 N–H and O–H groups in total. The van der Waals surface area contributed by atoms with E-state index in [1.54, 1.807) is 34.9 Å². The molecule has 1 aliphatic carbocycles. The lowest BCUT2D eigenvalue weighted by Crippen LogP contribution is -2.39. The van der Waals surface area contributed by atoms with Crippen LogP contribution in [0.4, 0.5) is 0 Å². The van der Waals surface area contributed by atoms with Crippen LogP contribution in [0, 0.1) is 0 Å². The summed E-state index contributed by atoms with van der Waals surface area (Å²) < 4.78 is 34.6. The summed E-state index contributed by atoms with van der Waals surface area (Å²) in [6.07, 6.45) is 5.72. The van der Waals surface area contributed by atoms with Gasteiger partial charge >= 0.3 is 0 Å². The highest BCUT2D eigenvalue weighted by atomic mass is 32.2. The normalized spacial score (nSPS) is 19.9. The van der Waals surface area contributed by atoms with Gasteiger partial charge in [0.25, 0.3) is 0 Å². The first kappa shape index (κ1) is 16.5. The van der Waals surface area contributed by atoms with Gasteiger partial charge in [0, 0.05) is 31.1 Å². The molecule has 2 aliphatic rings. The molecule has 7 nitrogen and oxygen atoms in total. The lowest BCUT2D eigenvalue weighted by atomic mass is 10.1. The molecule has 25 heavy (non-hydrogen) atoms. The molecule has 0 spiro atoms. The van der Waals surface area contributed by atoms with Gasteiger partial charge in [-0.15, -0.1) is 10.2 Å². The minimum Gasteiger partial charge on any atom is -0.497 e. The number of benzene rings is 1. The van der Waals surface area contributed by atoms with E-state index < -0.39 is 10.0 Å². The second kappa shape index (κ2) is 6.42. The Morgan fingerprint density at radius 1 is 1.16 bits per heavy atom. The van der Waals surface area contributed by atoms with Gasteiger partial charge in [-0.2, -0.15) is 4.31 Å². The number of ether oxygens (including phenoxy) is 1. The summed E-state index contributed by atoms with van der Waals surface area (Å²) in [6.45, 7) is 1.01. The first-order valence-electron chi connectivity index (χ1n) is 8.63. The summed E-state index contributed by atoms with van der Waals surface area (Å²) in [7, 11) is -1.95. The number of hydrogen-bond acceptors (Lipinski definition) is 5. The van der Waals surface area contributed by atoms with Gasteiger partial charge in [-0.1, -0.05) is 6.07 Å². The number of nitrogens with zero attached hydrogens (tertiary/aromatic N) is 4. The summed E-state index contributed by atoms with van der Waals surface area (Å²) in [5.41, 5.74) is 0. The predicted octanol–water partition coefficient (Wildman–Crippen LogP) is 2.19. The average molecular weight is 362 g/mol. The average Bonchev–Trinajstić information content (AvgIpc) is 3.38. The van der Waals surface area contributed by atoms with Crippen LogP contribution < -0.4 is 4.74 Å². The fourth-order valence-corrected chi connectivity index (χ4v) is 4.94. The first-order valence-corrected chi connectivity index (χ1v) is 10.1. The SMILES string of the molecule is COc1cccc(S(=O)(=O)N2CCC(n3cnnc3C3CC3)CC2)c1. The molecule has 1 aliphatic heterocycles. The van der Waals surface area contributed by atoms with Crippen molar-refractivity contribution in [1.29, 1.82) is 0 Å². The molecule has 1 saturated carbocycles. The van der Waals surface area contributed by atoms with Gasteiger partial charge in [0.2, 0.25) is 10.0 Å². The maximum Gasteiger partial charge on any atom is 0.243 e. The monoisotopic (exact) mass is 362 g/mol. The van der Waals surface area contributed by atoms with Crippen molar-refractivity contribution in [2.75, 3.05) is 20.2 Å². The van der Waals surface area contributed by atoms with Crippen LogP contribution >= 0.6 is 0 Å². The fourth-order valence-electron chi connectivity index (χ4n) is 3.44. The summed E-state index contributed by atoms with van der Waals surface area (Å²) in [5, 5.41) is 8.32. The minimum absolute atomic E-state index is 0.280. The number of rotatable bonds is 5. The van der Waals surface area contributed by atoms with Crippen LogP contribution in [0.3, 0.4) is 0 Å². The summed E-state index contributed by atoms with van der Waals surface area (Å²) in [4.78, 5) is 0.285. The summed E-state index contributed by atoms with van der Waals surface area (Å²) >= 11 is 0. The Balaban J connectivity index is 1.48. The maximum absolute atomic E-state index is 12.9. The molecule has 0 amide bonds. The quantitative estimate of drug-likeness (QED) is 0.815. The van der Waals surface area contributed by atoms with Gasteiger partial charge in [-0.25, -0.2) is 8.42 Å². The molecule has 134 valence electrons. The predicted molar refractivity (Wildman–Crippen MR) is 92.0 cm³/mol. The van der Waals surface area contributed by atoms with E-state index in [0.717, 1.165) is 18.7 Å². The van der Waals surface area contributed by atoms with Gasteiger partial charge in [0.15, 0.2) is 0 Å². The van der Waals surface area contributed by atoms with Gasteiger partial charge in [-0.05, 0) is 37.8 Å². The van der Waals surface area contributed by atoms with E-state index in [2.05, 4.69) is 14.8 Å². The van der Waals surface area contributed by atoms with Crippen molar-refractivity contribution < 1.29 is 13.2 Å². The highest BCUT2D eigenvalue weighted by molar-refractivity contribution is 7.89. The molecule has 1 aromatic heterocycles. The second-order valence-electron chi connectivity index (χ2n) is 6.68. The molecule has 4 rings (SSSR count). The number of piperidine rings is 1. The van der Waals surface area contributed by atoms with Crippen molar-refractivity contribution in [3.8, 4) is 5.75 Å². The van der Waals surface area contributed by atoms with E-state index in [0.29, 0.717) is 24.8 Å². The molecule has 2 aromatic rings. The Bertz CT molecular complexity index is 852. The third-order valence-corrected chi connectivity index (χ3v) is 6.93. The number of sulfonamides is 1. The Morgan fingerprint density at radius 3 is 2.60 bits per heavy atom. The maximum atomic E-state index is 12.9. The molecule has 0 atom stereocenters. The van der Waals surface area contributed by atoms with Crippen LogP contribution in [0.5, 0.6) is 5.75 Å². The Kier molecular flexibility index (Phi) is 4.24. The zero-order chi connectivity index (χ0) is 17.4. The third kappa shape index (κ3) is 3.16. The van der Waals surface area contributed by atoms with Gasteiger partial charge in [0.05, 0.1) is 12.0 Å². The zero-order valence-corrected chi connectivity index (χ0v) is 15.0. The third-order valence-electron chi connectivity index (χ3n) is 5.04. The fraction of sp³-hybridized carbons (Fsp3) is 0.529. The molecule has 2 fully saturated rings. The largest absolute Gasteiger partial charge is 0.497 e. The van der Waals surface area contributed by atoms with E-state index in [1.165, 1.54) is 20.0 Å². The minimum atomic E-state index is -3.49. The van der Waals surface area contributed by atoms with Crippen LogP contribution in [0.15, 0.2) is 35.5 Å². The van der Waals surface area contributed by atoms with Crippen LogP contribution in [0.25, 0.3) is 0 Å². The van der Waals surface area contributed by atoms with Gasteiger partial charge in [-0.3, -0.25) is 0 Å². The molecule has 0 unspecified atom stereocenters. The molecule has 2 heterocycles. The molecule has 0 bridgehead atoms. The van der Waals surface area contributed by atoms with Crippen molar-refractivity contribution in [2.45, 2.75) is 42.5 Å². The van der Waals surface area contributed by atoms with Crippen molar-refractivity contribution in [1.82, 2.24) is 19.1 Å². The lowest BCUT2D eigenvalue weighted by molar-refractivity contribution is 0.270. The highest BCUT2D eigenvalue weighted by Crippen LogP contribution is 2.40.